The molecule has 0 rings (SSSR count). The molecule has 0 aliphatic heterocycles. The molecule has 6 heteroatoms. The molecular formula is C4H9ClO4S. The summed E-state index contributed by atoms with van der Waals surface area (Å²) in [6, 6.07) is 0. The van der Waals surface area contributed by atoms with E-state index in [2.05, 4.69) is 20.3 Å². The average Bonchev–Trinajstić information content (AvgIpc) is 1.90. The van der Waals surface area contributed by atoms with Gasteiger partial charge in [0, 0.05) is 7.11 Å². The number of hydrogen-bond donors (Lipinski definition) is 0. The normalized spacial score (nSPS) is 15.1. The van der Waals surface area contributed by atoms with E-state index in [0.29, 0.717) is 6.42 Å². The van der Waals surface area contributed by atoms with Gasteiger partial charge in [-0.15, -0.1) is 0 Å². The fourth-order valence-electron chi connectivity index (χ4n) is 0.529. The molecule has 0 fully saturated rings. The Hall–Kier alpha value is 0.160. The summed E-state index contributed by atoms with van der Waals surface area (Å²) in [4.78, 5) is 0. The fourth-order valence-corrected chi connectivity index (χ4v) is 1.50. The van der Waals surface area contributed by atoms with Crippen molar-refractivity contribution in [2.45, 2.75) is 18.8 Å². The van der Waals surface area contributed by atoms with Crippen molar-refractivity contribution in [3.05, 3.63) is 0 Å². The lowest BCUT2D eigenvalue weighted by Gasteiger charge is -2.09. The first-order valence-corrected chi connectivity index (χ1v) is 4.43. The lowest BCUT2D eigenvalue weighted by Crippen LogP contribution is -2.21. The Kier molecular flexibility index (Phi) is 4.19. The molecule has 0 heterocycles. The second kappa shape index (κ2) is 4.12. The van der Waals surface area contributed by atoms with Crippen LogP contribution in [-0.4, -0.2) is 21.0 Å². The van der Waals surface area contributed by atoms with Crippen LogP contribution in [0.25, 0.3) is 0 Å². The van der Waals surface area contributed by atoms with E-state index in [0.717, 1.165) is 0 Å². The summed E-state index contributed by atoms with van der Waals surface area (Å²) in [5.74, 6) is 0. The number of halogens is 1. The second-order valence-corrected chi connectivity index (χ2v) is 3.64. The SMILES string of the molecule is CCC(OC)S(=O)(=O)OCl. The number of methoxy groups -OCH3 is 1. The zero-order valence-electron chi connectivity index (χ0n) is 5.70. The van der Waals surface area contributed by atoms with E-state index in [1.165, 1.54) is 7.11 Å². The maximum atomic E-state index is 10.7. The molecule has 0 saturated heterocycles. The number of rotatable bonds is 4. The molecule has 0 aromatic heterocycles. The molecule has 0 N–H and O–H groups in total. The van der Waals surface area contributed by atoms with E-state index in [1.807, 2.05) is 0 Å². The van der Waals surface area contributed by atoms with Crippen molar-refractivity contribution >= 4 is 22.0 Å². The van der Waals surface area contributed by atoms with Crippen molar-refractivity contribution in [2.24, 2.45) is 0 Å². The minimum Gasteiger partial charge on any atom is -0.363 e. The maximum Gasteiger partial charge on any atom is 0.310 e. The van der Waals surface area contributed by atoms with Crippen LogP contribution in [0.1, 0.15) is 13.3 Å². The monoisotopic (exact) mass is 188 g/mol. The zero-order valence-corrected chi connectivity index (χ0v) is 7.28. The van der Waals surface area contributed by atoms with Gasteiger partial charge in [-0.3, -0.25) is 0 Å². The molecule has 0 aromatic rings. The standard InChI is InChI=1S/C4H9ClO4S/c1-3-4(8-2)10(6,7)9-5/h4H,3H2,1-2H3. The van der Waals surface area contributed by atoms with Gasteiger partial charge in [-0.2, -0.15) is 12.2 Å². The molecule has 1 unspecified atom stereocenters. The molecule has 0 saturated carbocycles. The van der Waals surface area contributed by atoms with Crippen molar-refractivity contribution < 1.29 is 16.9 Å². The molecule has 62 valence electrons. The third kappa shape index (κ3) is 2.42. The highest BCUT2D eigenvalue weighted by Crippen LogP contribution is 2.09. The first-order valence-electron chi connectivity index (χ1n) is 2.65. The third-order valence-corrected chi connectivity index (χ3v) is 2.88. The second-order valence-electron chi connectivity index (χ2n) is 1.63. The van der Waals surface area contributed by atoms with Crippen LogP contribution in [0.5, 0.6) is 0 Å². The van der Waals surface area contributed by atoms with Crippen molar-refractivity contribution in [1.29, 1.82) is 0 Å². The zero-order chi connectivity index (χ0) is 8.20. The van der Waals surface area contributed by atoms with E-state index in [4.69, 9.17) is 0 Å². The lowest BCUT2D eigenvalue weighted by molar-refractivity contribution is 0.153. The van der Waals surface area contributed by atoms with Gasteiger partial charge in [0.1, 0.15) is 0 Å². The van der Waals surface area contributed by atoms with Crippen LogP contribution in [0, 0.1) is 0 Å². The molecule has 0 bridgehead atoms. The van der Waals surface area contributed by atoms with Gasteiger partial charge < -0.3 is 4.74 Å². The highest BCUT2D eigenvalue weighted by Gasteiger charge is 2.23. The predicted molar refractivity (Wildman–Crippen MR) is 36.9 cm³/mol. The lowest BCUT2D eigenvalue weighted by atomic mass is 10.5. The van der Waals surface area contributed by atoms with Gasteiger partial charge in [-0.1, -0.05) is 6.92 Å². The molecule has 0 aromatic carbocycles. The molecular weight excluding hydrogens is 180 g/mol. The molecule has 0 aliphatic rings. The summed E-state index contributed by atoms with van der Waals surface area (Å²) in [7, 11) is -2.44. The summed E-state index contributed by atoms with van der Waals surface area (Å²) >= 11 is 4.68. The highest BCUT2D eigenvalue weighted by molar-refractivity contribution is 7.87. The first-order chi connectivity index (χ1) is 4.58. The molecule has 0 spiro atoms. The third-order valence-electron chi connectivity index (χ3n) is 1.01. The Morgan fingerprint density at radius 1 is 1.60 bits per heavy atom. The van der Waals surface area contributed by atoms with Gasteiger partial charge in [0.25, 0.3) is 0 Å². The van der Waals surface area contributed by atoms with Crippen LogP contribution in [0.15, 0.2) is 0 Å². The summed E-state index contributed by atoms with van der Waals surface area (Å²) in [6.45, 7) is 1.65. The fraction of sp³-hybridized carbons (Fsp3) is 1.00. The largest absolute Gasteiger partial charge is 0.363 e. The molecule has 10 heavy (non-hydrogen) atoms. The van der Waals surface area contributed by atoms with E-state index < -0.39 is 15.6 Å². The van der Waals surface area contributed by atoms with Gasteiger partial charge in [-0.25, -0.2) is 0 Å². The summed E-state index contributed by atoms with van der Waals surface area (Å²) in [5.41, 5.74) is -0.968. The van der Waals surface area contributed by atoms with Crippen molar-refractivity contribution in [3.8, 4) is 0 Å². The minimum atomic E-state index is -3.72. The number of ether oxygens (including phenoxy) is 1. The quantitative estimate of drug-likeness (QED) is 0.657. The minimum absolute atomic E-state index is 0.311. The van der Waals surface area contributed by atoms with Crippen LogP contribution >= 0.6 is 11.9 Å². The molecule has 0 radical (unpaired) electrons. The topological polar surface area (TPSA) is 52.6 Å². The Bertz CT molecular complexity index is 172. The summed E-state index contributed by atoms with van der Waals surface area (Å²) < 4.78 is 29.6. The average molecular weight is 189 g/mol. The Balaban J connectivity index is 4.28. The van der Waals surface area contributed by atoms with E-state index >= 15 is 0 Å². The Morgan fingerprint density at radius 3 is 2.20 bits per heavy atom. The van der Waals surface area contributed by atoms with Crippen LogP contribution < -0.4 is 0 Å². The molecule has 0 aliphatic carbocycles. The van der Waals surface area contributed by atoms with E-state index in [-0.39, 0.29) is 0 Å². The van der Waals surface area contributed by atoms with Gasteiger partial charge in [0.15, 0.2) is 5.44 Å². The Morgan fingerprint density at radius 2 is 2.10 bits per heavy atom. The van der Waals surface area contributed by atoms with Gasteiger partial charge >= 0.3 is 10.1 Å². The van der Waals surface area contributed by atoms with Crippen LogP contribution in [0.2, 0.25) is 0 Å². The van der Waals surface area contributed by atoms with Crippen LogP contribution in [0.4, 0.5) is 0 Å². The van der Waals surface area contributed by atoms with Crippen LogP contribution in [0.3, 0.4) is 0 Å². The van der Waals surface area contributed by atoms with E-state index in [9.17, 15) is 8.42 Å². The molecule has 0 amide bonds. The van der Waals surface area contributed by atoms with Crippen molar-refractivity contribution in [2.75, 3.05) is 7.11 Å². The van der Waals surface area contributed by atoms with Crippen molar-refractivity contribution in [1.82, 2.24) is 0 Å². The number of hydrogen-bond acceptors (Lipinski definition) is 4. The van der Waals surface area contributed by atoms with Gasteiger partial charge in [0.05, 0.1) is 11.9 Å². The smallest absolute Gasteiger partial charge is 0.310 e. The Labute approximate surface area is 65.4 Å². The summed E-state index contributed by atoms with van der Waals surface area (Å²) in [5, 5.41) is 0. The van der Waals surface area contributed by atoms with E-state index in [1.54, 1.807) is 6.92 Å². The first kappa shape index (κ1) is 10.2. The molecule has 4 nitrogen and oxygen atoms in total. The van der Waals surface area contributed by atoms with Gasteiger partial charge in [0.2, 0.25) is 0 Å². The summed E-state index contributed by atoms with van der Waals surface area (Å²) in [6.07, 6.45) is 0.311. The predicted octanol–water partition coefficient (Wildman–Crippen LogP) is 0.869. The van der Waals surface area contributed by atoms with Crippen LogP contribution in [-0.2, 0) is 18.6 Å². The van der Waals surface area contributed by atoms with Gasteiger partial charge in [-0.05, 0) is 6.42 Å². The highest BCUT2D eigenvalue weighted by atomic mass is 35.5. The van der Waals surface area contributed by atoms with Crippen molar-refractivity contribution in [3.63, 3.8) is 0 Å². The maximum absolute atomic E-state index is 10.7. The molecule has 1 atom stereocenters.